The SMILES string of the molecule is CCOC(=O)[C@]1(C#N)C(=O)[C@@H](c2ccccc2)[C@@H]2CCCCC2=C1C#N. The van der Waals surface area contributed by atoms with Gasteiger partial charge in [-0.05, 0) is 43.2 Å². The quantitative estimate of drug-likeness (QED) is 0.616. The minimum Gasteiger partial charge on any atom is -0.464 e. The molecule has 1 fully saturated rings. The van der Waals surface area contributed by atoms with E-state index in [1.54, 1.807) is 6.92 Å². The van der Waals surface area contributed by atoms with E-state index in [2.05, 4.69) is 0 Å². The van der Waals surface area contributed by atoms with Crippen molar-refractivity contribution in [2.75, 3.05) is 6.61 Å². The Morgan fingerprint density at radius 2 is 2.00 bits per heavy atom. The summed E-state index contributed by atoms with van der Waals surface area (Å²) in [6, 6.07) is 13.1. The highest BCUT2D eigenvalue weighted by molar-refractivity contribution is 6.14. The molecule has 1 saturated carbocycles. The Morgan fingerprint density at radius 3 is 2.62 bits per heavy atom. The molecule has 0 N–H and O–H groups in total. The molecule has 0 amide bonds. The summed E-state index contributed by atoms with van der Waals surface area (Å²) in [5, 5.41) is 19.7. The van der Waals surface area contributed by atoms with Crippen LogP contribution in [0.25, 0.3) is 0 Å². The first-order valence-electron chi connectivity index (χ1n) is 8.93. The fraction of sp³-hybridized carbons (Fsp3) is 0.429. The van der Waals surface area contributed by atoms with E-state index in [-0.39, 0.29) is 18.1 Å². The van der Waals surface area contributed by atoms with Crippen LogP contribution < -0.4 is 0 Å². The van der Waals surface area contributed by atoms with E-state index in [4.69, 9.17) is 4.74 Å². The minimum atomic E-state index is -2.16. The van der Waals surface area contributed by atoms with Crippen molar-refractivity contribution >= 4 is 11.8 Å². The smallest absolute Gasteiger partial charge is 0.339 e. The first kappa shape index (κ1) is 17.9. The van der Waals surface area contributed by atoms with Gasteiger partial charge in [-0.2, -0.15) is 10.5 Å². The van der Waals surface area contributed by atoms with Crippen LogP contribution in [0.4, 0.5) is 0 Å². The van der Waals surface area contributed by atoms with Gasteiger partial charge in [0.15, 0.2) is 5.78 Å². The van der Waals surface area contributed by atoms with E-state index in [1.807, 2.05) is 42.5 Å². The molecule has 0 heterocycles. The van der Waals surface area contributed by atoms with Gasteiger partial charge in [-0.1, -0.05) is 36.8 Å². The fourth-order valence-electron chi connectivity index (χ4n) is 4.30. The van der Waals surface area contributed by atoms with Crippen molar-refractivity contribution in [3.05, 3.63) is 47.0 Å². The van der Waals surface area contributed by atoms with Gasteiger partial charge in [-0.15, -0.1) is 0 Å². The molecule has 3 rings (SSSR count). The molecule has 2 aliphatic carbocycles. The average Bonchev–Trinajstić information content (AvgIpc) is 2.68. The van der Waals surface area contributed by atoms with E-state index in [9.17, 15) is 20.1 Å². The molecular weight excluding hydrogens is 328 g/mol. The summed E-state index contributed by atoms with van der Waals surface area (Å²) in [5.74, 6) is -2.20. The van der Waals surface area contributed by atoms with Crippen LogP contribution in [-0.4, -0.2) is 18.4 Å². The third-order valence-electron chi connectivity index (χ3n) is 5.43. The predicted octanol–water partition coefficient (Wildman–Crippen LogP) is 3.44. The van der Waals surface area contributed by atoms with Gasteiger partial charge in [-0.25, -0.2) is 4.79 Å². The van der Waals surface area contributed by atoms with Crippen LogP contribution >= 0.6 is 0 Å². The Balaban J connectivity index is 2.27. The van der Waals surface area contributed by atoms with Crippen LogP contribution in [0, 0.1) is 34.0 Å². The molecule has 0 radical (unpaired) electrons. The van der Waals surface area contributed by atoms with Crippen LogP contribution in [0.5, 0.6) is 0 Å². The summed E-state index contributed by atoms with van der Waals surface area (Å²) in [4.78, 5) is 26.2. The molecule has 0 aliphatic heterocycles. The van der Waals surface area contributed by atoms with E-state index in [0.717, 1.165) is 30.4 Å². The van der Waals surface area contributed by atoms with Crippen LogP contribution in [-0.2, 0) is 14.3 Å². The maximum atomic E-state index is 13.5. The molecule has 0 unspecified atom stereocenters. The number of esters is 1. The summed E-state index contributed by atoms with van der Waals surface area (Å²) < 4.78 is 5.07. The lowest BCUT2D eigenvalue weighted by Gasteiger charge is -2.41. The molecule has 5 nitrogen and oxygen atoms in total. The number of nitriles is 2. The molecule has 0 aromatic heterocycles. The van der Waals surface area contributed by atoms with Gasteiger partial charge in [0.2, 0.25) is 5.41 Å². The van der Waals surface area contributed by atoms with Crippen molar-refractivity contribution in [2.24, 2.45) is 11.3 Å². The largest absolute Gasteiger partial charge is 0.464 e. The molecule has 0 bridgehead atoms. The topological polar surface area (TPSA) is 90.9 Å². The summed E-state index contributed by atoms with van der Waals surface area (Å²) in [6.07, 6.45) is 3.25. The molecule has 5 heteroatoms. The highest BCUT2D eigenvalue weighted by Crippen LogP contribution is 2.52. The number of ether oxygens (including phenoxy) is 1. The van der Waals surface area contributed by atoms with Gasteiger partial charge in [0.25, 0.3) is 0 Å². The number of allylic oxidation sites excluding steroid dienone is 1. The second kappa shape index (κ2) is 7.14. The maximum Gasteiger partial charge on any atom is 0.339 e. The Labute approximate surface area is 152 Å². The lowest BCUT2D eigenvalue weighted by atomic mass is 9.57. The van der Waals surface area contributed by atoms with Crippen molar-refractivity contribution < 1.29 is 14.3 Å². The van der Waals surface area contributed by atoms with Crippen LogP contribution in [0.3, 0.4) is 0 Å². The van der Waals surface area contributed by atoms with Crippen molar-refractivity contribution in [1.29, 1.82) is 10.5 Å². The summed E-state index contributed by atoms with van der Waals surface area (Å²) in [6.45, 7) is 1.66. The highest BCUT2D eigenvalue weighted by atomic mass is 16.5. The minimum absolute atomic E-state index is 0.000307. The maximum absolute atomic E-state index is 13.5. The van der Waals surface area contributed by atoms with Gasteiger partial charge >= 0.3 is 5.97 Å². The predicted molar refractivity (Wildman–Crippen MR) is 93.5 cm³/mol. The zero-order valence-electron chi connectivity index (χ0n) is 14.7. The number of carbonyl (C=O) groups excluding carboxylic acids is 2. The normalized spacial score (nSPS) is 27.9. The molecule has 3 atom stereocenters. The molecule has 2 aliphatic rings. The second-order valence-corrected chi connectivity index (χ2v) is 6.70. The lowest BCUT2D eigenvalue weighted by Crippen LogP contribution is -2.50. The Bertz CT molecular complexity index is 844. The number of hydrogen-bond donors (Lipinski definition) is 0. The number of ketones is 1. The van der Waals surface area contributed by atoms with Crippen molar-refractivity contribution in [2.45, 2.75) is 38.5 Å². The molecule has 1 aromatic rings. The van der Waals surface area contributed by atoms with E-state index >= 15 is 0 Å². The van der Waals surface area contributed by atoms with E-state index in [1.165, 1.54) is 0 Å². The van der Waals surface area contributed by atoms with Gasteiger partial charge in [0.05, 0.1) is 30.2 Å². The average molecular weight is 348 g/mol. The van der Waals surface area contributed by atoms with Crippen molar-refractivity contribution in [3.63, 3.8) is 0 Å². The van der Waals surface area contributed by atoms with Crippen molar-refractivity contribution in [1.82, 2.24) is 0 Å². The molecule has 26 heavy (non-hydrogen) atoms. The van der Waals surface area contributed by atoms with E-state index in [0.29, 0.717) is 6.42 Å². The summed E-state index contributed by atoms with van der Waals surface area (Å²) in [7, 11) is 0. The second-order valence-electron chi connectivity index (χ2n) is 6.70. The standard InChI is InChI=1S/C21H20N2O3/c1-2-26-20(25)21(13-23)17(12-22)15-10-6-7-11-16(15)18(19(21)24)14-8-4-3-5-9-14/h3-5,8-9,16,18H,2,6-7,10-11H2,1H3/t16-,18+,21+/m1/s1. The molecule has 0 spiro atoms. The van der Waals surface area contributed by atoms with Crippen LogP contribution in [0.2, 0.25) is 0 Å². The number of nitrogens with zero attached hydrogens (tertiary/aromatic N) is 2. The summed E-state index contributed by atoms with van der Waals surface area (Å²) >= 11 is 0. The first-order valence-corrected chi connectivity index (χ1v) is 8.93. The van der Waals surface area contributed by atoms with Gasteiger partial charge in [0, 0.05) is 0 Å². The Morgan fingerprint density at radius 1 is 1.27 bits per heavy atom. The molecule has 1 aromatic carbocycles. The van der Waals surface area contributed by atoms with Gasteiger partial charge < -0.3 is 4.74 Å². The Hall–Kier alpha value is -2.92. The Kier molecular flexibility index (Phi) is 4.91. The van der Waals surface area contributed by atoms with Crippen LogP contribution in [0.1, 0.15) is 44.1 Å². The lowest BCUT2D eigenvalue weighted by molar-refractivity contribution is -0.155. The van der Waals surface area contributed by atoms with Gasteiger partial charge in [-0.3, -0.25) is 4.79 Å². The molecule has 0 saturated heterocycles. The zero-order valence-corrected chi connectivity index (χ0v) is 14.7. The first-order chi connectivity index (χ1) is 12.6. The third-order valence-corrected chi connectivity index (χ3v) is 5.43. The zero-order chi connectivity index (χ0) is 18.7. The number of benzene rings is 1. The van der Waals surface area contributed by atoms with Crippen molar-refractivity contribution in [3.8, 4) is 12.1 Å². The number of Topliss-reactive ketones (excluding diaryl/α,β-unsaturated/α-hetero) is 1. The van der Waals surface area contributed by atoms with E-state index < -0.39 is 23.1 Å². The number of rotatable bonds is 3. The number of carbonyl (C=O) groups is 2. The van der Waals surface area contributed by atoms with Gasteiger partial charge in [0.1, 0.15) is 0 Å². The molecular formula is C21H20N2O3. The summed E-state index contributed by atoms with van der Waals surface area (Å²) in [5.41, 5.74) is -0.598. The number of hydrogen-bond acceptors (Lipinski definition) is 5. The monoisotopic (exact) mass is 348 g/mol. The fourth-order valence-corrected chi connectivity index (χ4v) is 4.30. The number of fused-ring (bicyclic) bond motifs is 1. The molecule has 132 valence electrons. The third kappa shape index (κ3) is 2.52. The van der Waals surface area contributed by atoms with Crippen LogP contribution in [0.15, 0.2) is 41.5 Å². The highest BCUT2D eigenvalue weighted by Gasteiger charge is 2.60.